The molecule has 8 nitrogen and oxygen atoms in total. The first kappa shape index (κ1) is 18.9. The van der Waals surface area contributed by atoms with Crippen molar-refractivity contribution in [1.29, 1.82) is 0 Å². The first-order chi connectivity index (χ1) is 13.4. The second-order valence-electron chi connectivity index (χ2n) is 6.18. The number of anilines is 1. The van der Waals surface area contributed by atoms with E-state index in [2.05, 4.69) is 14.9 Å². The monoisotopic (exact) mass is 438 g/mol. The topological polar surface area (TPSA) is 105 Å². The van der Waals surface area contributed by atoms with E-state index in [-0.39, 0.29) is 21.9 Å². The van der Waals surface area contributed by atoms with Gasteiger partial charge < -0.3 is 9.32 Å². The molecular weight excluding hydrogens is 424 g/mol. The molecule has 0 spiro atoms. The smallest absolute Gasteiger partial charge is 0.311 e. The molecule has 1 fully saturated rings. The summed E-state index contributed by atoms with van der Waals surface area (Å²) in [6.07, 6.45) is 1.91. The predicted molar refractivity (Wildman–Crippen MR) is 105 cm³/mol. The van der Waals surface area contributed by atoms with Gasteiger partial charge in [-0.3, -0.25) is 9.52 Å². The van der Waals surface area contributed by atoms with Gasteiger partial charge in [0.15, 0.2) is 0 Å². The van der Waals surface area contributed by atoms with E-state index in [0.717, 1.165) is 24.2 Å². The quantitative estimate of drug-likeness (QED) is 0.653. The number of sulfonamides is 1. The molecule has 28 heavy (non-hydrogen) atoms. The summed E-state index contributed by atoms with van der Waals surface area (Å²) in [4.78, 5) is 14.0. The van der Waals surface area contributed by atoms with Gasteiger partial charge in [0.2, 0.25) is 5.89 Å². The van der Waals surface area contributed by atoms with Crippen LogP contribution in [0.5, 0.6) is 0 Å². The minimum atomic E-state index is -3.80. The van der Waals surface area contributed by atoms with E-state index in [4.69, 9.17) is 16.0 Å². The highest BCUT2D eigenvalue weighted by Crippen LogP contribution is 2.29. The number of carbonyl (C=O) groups excluding carboxylic acids is 1. The summed E-state index contributed by atoms with van der Waals surface area (Å²) in [5.74, 6) is -0.297. The number of hydrogen-bond acceptors (Lipinski definition) is 7. The highest BCUT2D eigenvalue weighted by atomic mass is 35.5. The van der Waals surface area contributed by atoms with Crippen molar-refractivity contribution in [3.63, 3.8) is 0 Å². The molecule has 1 aliphatic heterocycles. The number of aromatic nitrogens is 2. The van der Waals surface area contributed by atoms with Crippen molar-refractivity contribution in [2.45, 2.75) is 17.1 Å². The zero-order valence-electron chi connectivity index (χ0n) is 14.5. The highest BCUT2D eigenvalue weighted by molar-refractivity contribution is 7.94. The molecule has 1 amide bonds. The summed E-state index contributed by atoms with van der Waals surface area (Å²) in [5, 5.41) is 9.69. The molecule has 0 aliphatic carbocycles. The average Bonchev–Trinajstić information content (AvgIpc) is 3.41. The summed E-state index contributed by atoms with van der Waals surface area (Å²) in [5.41, 5.74) is 0.795. The Balaban J connectivity index is 1.53. The van der Waals surface area contributed by atoms with Gasteiger partial charge in [-0.2, -0.15) is 0 Å². The molecule has 1 N–H and O–H groups in total. The first-order valence-electron chi connectivity index (χ1n) is 8.42. The third-order valence-corrected chi connectivity index (χ3v) is 7.22. The van der Waals surface area contributed by atoms with Crippen molar-refractivity contribution in [1.82, 2.24) is 15.1 Å². The molecule has 2 aromatic heterocycles. The normalized spacial score (nSPS) is 14.4. The number of carbonyl (C=O) groups is 1. The summed E-state index contributed by atoms with van der Waals surface area (Å²) in [7, 11) is -3.80. The number of amides is 1. The predicted octanol–water partition coefficient (Wildman–Crippen LogP) is 3.49. The lowest BCUT2D eigenvalue weighted by molar-refractivity contribution is 0.0754. The number of likely N-dealkylation sites (tertiary alicyclic amines) is 1. The summed E-state index contributed by atoms with van der Waals surface area (Å²) >= 11 is 6.90. The molecule has 1 saturated heterocycles. The fourth-order valence-electron chi connectivity index (χ4n) is 2.81. The molecule has 3 aromatic rings. The molecule has 11 heteroatoms. The van der Waals surface area contributed by atoms with E-state index >= 15 is 0 Å². The van der Waals surface area contributed by atoms with Gasteiger partial charge in [0, 0.05) is 23.5 Å². The maximum atomic E-state index is 12.6. The fourth-order valence-corrected chi connectivity index (χ4v) is 5.20. The van der Waals surface area contributed by atoms with Crippen molar-refractivity contribution < 1.29 is 17.6 Å². The Morgan fingerprint density at radius 2 is 2.00 bits per heavy atom. The van der Waals surface area contributed by atoms with E-state index in [1.54, 1.807) is 28.5 Å². The molecule has 146 valence electrons. The van der Waals surface area contributed by atoms with Crippen molar-refractivity contribution in [3.05, 3.63) is 46.6 Å². The molecule has 0 saturated carbocycles. The Hall–Kier alpha value is -2.43. The Kier molecular flexibility index (Phi) is 5.09. The van der Waals surface area contributed by atoms with Crippen LogP contribution in [0.4, 0.5) is 5.69 Å². The van der Waals surface area contributed by atoms with Crippen LogP contribution in [0.1, 0.15) is 23.5 Å². The van der Waals surface area contributed by atoms with E-state index in [1.165, 1.54) is 12.1 Å². The molecule has 3 heterocycles. The fraction of sp³-hybridized carbons (Fsp3) is 0.235. The molecule has 0 atom stereocenters. The maximum absolute atomic E-state index is 12.6. The first-order valence-corrected chi connectivity index (χ1v) is 11.2. The number of benzene rings is 1. The minimum Gasteiger partial charge on any atom is -0.412 e. The van der Waals surface area contributed by atoms with Crippen LogP contribution in [-0.4, -0.2) is 42.5 Å². The van der Waals surface area contributed by atoms with Crippen LogP contribution >= 0.6 is 22.9 Å². The molecule has 4 rings (SSSR count). The molecule has 0 unspecified atom stereocenters. The van der Waals surface area contributed by atoms with Gasteiger partial charge in [0.1, 0.15) is 4.21 Å². The Morgan fingerprint density at radius 3 is 2.75 bits per heavy atom. The second kappa shape index (κ2) is 7.53. The van der Waals surface area contributed by atoms with Crippen LogP contribution in [0.15, 0.2) is 44.3 Å². The van der Waals surface area contributed by atoms with Crippen LogP contribution in [0.2, 0.25) is 5.02 Å². The van der Waals surface area contributed by atoms with Gasteiger partial charge in [-0.15, -0.1) is 21.5 Å². The summed E-state index contributed by atoms with van der Waals surface area (Å²) in [6.45, 7) is 1.35. The van der Waals surface area contributed by atoms with Crippen LogP contribution in [0, 0.1) is 0 Å². The Bertz CT molecular complexity index is 1120. The van der Waals surface area contributed by atoms with Gasteiger partial charge in [-0.25, -0.2) is 8.42 Å². The van der Waals surface area contributed by atoms with Gasteiger partial charge in [0.05, 0.1) is 11.3 Å². The molecule has 1 aromatic carbocycles. The van der Waals surface area contributed by atoms with Crippen LogP contribution in [-0.2, 0) is 10.0 Å². The van der Waals surface area contributed by atoms with E-state index in [1.807, 2.05) is 0 Å². The van der Waals surface area contributed by atoms with Gasteiger partial charge in [0.25, 0.3) is 10.0 Å². The number of rotatable bonds is 5. The highest BCUT2D eigenvalue weighted by Gasteiger charge is 2.26. The lowest BCUT2D eigenvalue weighted by atomic mass is 10.3. The number of nitrogens with one attached hydrogen (secondary N) is 1. The maximum Gasteiger partial charge on any atom is 0.311 e. The third kappa shape index (κ3) is 3.89. The van der Waals surface area contributed by atoms with Crippen LogP contribution < -0.4 is 4.72 Å². The van der Waals surface area contributed by atoms with Crippen molar-refractivity contribution >= 4 is 44.6 Å². The number of halogens is 1. The number of nitrogens with zero attached hydrogens (tertiary/aromatic N) is 3. The molecule has 0 radical (unpaired) electrons. The van der Waals surface area contributed by atoms with Crippen LogP contribution in [0.3, 0.4) is 0 Å². The zero-order valence-corrected chi connectivity index (χ0v) is 16.9. The number of thiophene rings is 1. The van der Waals surface area contributed by atoms with Gasteiger partial charge in [-0.05, 0) is 37.1 Å². The minimum absolute atomic E-state index is 0.0769. The average molecular weight is 439 g/mol. The largest absolute Gasteiger partial charge is 0.412 e. The summed E-state index contributed by atoms with van der Waals surface area (Å²) in [6, 6.07) is 7.85. The van der Waals surface area contributed by atoms with E-state index in [9.17, 15) is 13.2 Å². The summed E-state index contributed by atoms with van der Waals surface area (Å²) < 4.78 is 33.2. The van der Waals surface area contributed by atoms with E-state index < -0.39 is 10.0 Å². The zero-order chi connectivity index (χ0) is 19.7. The van der Waals surface area contributed by atoms with Gasteiger partial charge in [-0.1, -0.05) is 17.7 Å². The standard InChI is InChI=1S/C17H15ClN4O4S2/c18-12-4-3-5-13(9-12)21-28(24,25)14-8-11(10-27-14)15-19-20-16(26-15)17(23)22-6-1-2-7-22/h3-5,8-10,21H,1-2,6-7H2. The molecule has 0 bridgehead atoms. The van der Waals surface area contributed by atoms with Crippen molar-refractivity contribution in [2.75, 3.05) is 17.8 Å². The SMILES string of the molecule is O=C(c1nnc(-c2csc(S(=O)(=O)Nc3cccc(Cl)c3)c2)o1)N1CCCC1. The molecule has 1 aliphatic rings. The Labute approximate surface area is 170 Å². The second-order valence-corrected chi connectivity index (χ2v) is 9.44. The van der Waals surface area contributed by atoms with E-state index in [0.29, 0.717) is 29.4 Å². The third-order valence-electron chi connectivity index (χ3n) is 4.17. The van der Waals surface area contributed by atoms with Crippen molar-refractivity contribution in [3.8, 4) is 11.5 Å². The Morgan fingerprint density at radius 1 is 1.21 bits per heavy atom. The number of hydrogen-bond donors (Lipinski definition) is 1. The lowest BCUT2D eigenvalue weighted by Crippen LogP contribution is -2.27. The van der Waals surface area contributed by atoms with Gasteiger partial charge >= 0.3 is 11.8 Å². The van der Waals surface area contributed by atoms with Crippen molar-refractivity contribution in [2.24, 2.45) is 0 Å². The molecular formula is C17H15ClN4O4S2. The van der Waals surface area contributed by atoms with Crippen LogP contribution in [0.25, 0.3) is 11.5 Å². The lowest BCUT2D eigenvalue weighted by Gasteiger charge is -2.11.